The van der Waals surface area contributed by atoms with Crippen molar-refractivity contribution in [3.63, 3.8) is 0 Å². The molecule has 0 spiro atoms. The highest BCUT2D eigenvalue weighted by molar-refractivity contribution is 14.1. The summed E-state index contributed by atoms with van der Waals surface area (Å²) in [6.07, 6.45) is 1.62. The van der Waals surface area contributed by atoms with Crippen LogP contribution >= 0.6 is 46.0 Å². The summed E-state index contributed by atoms with van der Waals surface area (Å²) in [4.78, 5) is 39.5. The molecule has 2 amide bonds. The van der Waals surface area contributed by atoms with Crippen molar-refractivity contribution in [1.29, 1.82) is 0 Å². The third kappa shape index (κ3) is 6.85. The number of imide groups is 1. The zero-order chi connectivity index (χ0) is 26.4. The predicted molar refractivity (Wildman–Crippen MR) is 151 cm³/mol. The number of halogens is 2. The zero-order valence-corrected chi connectivity index (χ0v) is 23.3. The van der Waals surface area contributed by atoms with E-state index in [0.717, 1.165) is 16.7 Å². The van der Waals surface area contributed by atoms with Crippen LogP contribution in [0.5, 0.6) is 17.2 Å². The average molecular weight is 650 g/mol. The van der Waals surface area contributed by atoms with Gasteiger partial charge in [0.05, 0.1) is 27.2 Å². The Morgan fingerprint density at radius 3 is 2.49 bits per heavy atom. The van der Waals surface area contributed by atoms with Crippen molar-refractivity contribution in [2.75, 3.05) is 19.8 Å². The van der Waals surface area contributed by atoms with E-state index >= 15 is 0 Å². The fourth-order valence-corrected chi connectivity index (χ4v) is 5.11. The summed E-state index contributed by atoms with van der Waals surface area (Å²) < 4.78 is 17.6. The zero-order valence-electron chi connectivity index (χ0n) is 19.6. The van der Waals surface area contributed by atoms with E-state index < -0.39 is 11.9 Å². The Hall–Kier alpha value is -3.02. The minimum Gasteiger partial charge on any atom is -0.492 e. The van der Waals surface area contributed by atoms with Crippen LogP contribution < -0.4 is 14.2 Å². The van der Waals surface area contributed by atoms with Crippen LogP contribution in [0.2, 0.25) is 5.02 Å². The van der Waals surface area contributed by atoms with Gasteiger partial charge in [0.1, 0.15) is 12.4 Å². The van der Waals surface area contributed by atoms with E-state index in [1.807, 2.05) is 59.8 Å². The first-order chi connectivity index (χ1) is 17.9. The van der Waals surface area contributed by atoms with E-state index in [4.69, 9.17) is 25.8 Å². The molecule has 10 heteroatoms. The Balaban J connectivity index is 1.49. The SMILES string of the molecule is CCOc1cc(/C=C2\SC(=O)N(CCOc3ccccc3)C2=O)cc(I)c1OC(=O)c1ccc(Cl)cc1. The van der Waals surface area contributed by atoms with Gasteiger partial charge in [0.2, 0.25) is 0 Å². The number of amides is 2. The lowest BCUT2D eigenvalue weighted by molar-refractivity contribution is -0.123. The molecule has 1 aliphatic rings. The molecule has 0 bridgehead atoms. The number of nitrogens with zero attached hydrogens (tertiary/aromatic N) is 1. The van der Waals surface area contributed by atoms with E-state index in [9.17, 15) is 14.4 Å². The molecule has 0 aliphatic carbocycles. The molecule has 3 aromatic rings. The van der Waals surface area contributed by atoms with Crippen molar-refractivity contribution in [2.24, 2.45) is 0 Å². The number of thioether (sulfide) groups is 1. The van der Waals surface area contributed by atoms with Gasteiger partial charge in [0.15, 0.2) is 11.5 Å². The fourth-order valence-electron chi connectivity index (χ4n) is 3.39. The van der Waals surface area contributed by atoms with Crippen molar-refractivity contribution in [1.82, 2.24) is 4.90 Å². The third-order valence-corrected chi connectivity index (χ3v) is 7.07. The highest BCUT2D eigenvalue weighted by atomic mass is 127. The molecule has 1 heterocycles. The van der Waals surface area contributed by atoms with Gasteiger partial charge in [-0.05, 0) is 101 Å². The van der Waals surface area contributed by atoms with Crippen molar-refractivity contribution in [2.45, 2.75) is 6.92 Å². The van der Waals surface area contributed by atoms with Gasteiger partial charge in [-0.1, -0.05) is 29.8 Å². The number of ether oxygens (including phenoxy) is 3. The molecule has 4 rings (SSSR count). The number of esters is 1. The molecule has 1 aliphatic heterocycles. The van der Waals surface area contributed by atoms with Gasteiger partial charge in [-0.25, -0.2) is 4.79 Å². The minimum atomic E-state index is -0.554. The number of hydrogen-bond donors (Lipinski definition) is 0. The van der Waals surface area contributed by atoms with Crippen LogP contribution in [0.1, 0.15) is 22.8 Å². The predicted octanol–water partition coefficient (Wildman–Crippen LogP) is 6.68. The summed E-state index contributed by atoms with van der Waals surface area (Å²) in [6, 6.07) is 19.0. The molecule has 0 radical (unpaired) electrons. The van der Waals surface area contributed by atoms with Crippen LogP contribution in [0, 0.1) is 3.57 Å². The van der Waals surface area contributed by atoms with Crippen LogP contribution in [0.15, 0.2) is 71.6 Å². The van der Waals surface area contributed by atoms with E-state index in [2.05, 4.69) is 0 Å². The first kappa shape index (κ1) is 27.0. The molecular formula is C27H21ClINO6S. The summed E-state index contributed by atoms with van der Waals surface area (Å²) >= 11 is 8.80. The lowest BCUT2D eigenvalue weighted by Crippen LogP contribution is -2.32. The monoisotopic (exact) mass is 649 g/mol. The number of benzene rings is 3. The molecule has 3 aromatic carbocycles. The lowest BCUT2D eigenvalue weighted by atomic mass is 10.1. The van der Waals surface area contributed by atoms with Crippen LogP contribution in [0.3, 0.4) is 0 Å². The molecule has 0 atom stereocenters. The van der Waals surface area contributed by atoms with Gasteiger partial charge in [-0.15, -0.1) is 0 Å². The standard InChI is InChI=1S/C27H21ClINO6S/c1-2-34-22-15-17(14-21(29)24(22)36-26(32)18-8-10-19(28)11-9-18)16-23-25(31)30(27(33)37-23)12-13-35-20-6-4-3-5-7-20/h3-11,14-16H,2,12-13H2,1H3/b23-16-. The van der Waals surface area contributed by atoms with Gasteiger partial charge >= 0.3 is 5.97 Å². The van der Waals surface area contributed by atoms with Gasteiger partial charge in [0.25, 0.3) is 11.1 Å². The number of rotatable bonds is 9. The summed E-state index contributed by atoms with van der Waals surface area (Å²) in [7, 11) is 0. The first-order valence-corrected chi connectivity index (χ1v) is 13.5. The number of carbonyl (C=O) groups excluding carboxylic acids is 3. The Morgan fingerprint density at radius 1 is 1.05 bits per heavy atom. The normalized spacial score (nSPS) is 14.2. The van der Waals surface area contributed by atoms with E-state index in [1.165, 1.54) is 0 Å². The van der Waals surface area contributed by atoms with Crippen LogP contribution in [-0.2, 0) is 4.79 Å². The molecule has 1 saturated heterocycles. The minimum absolute atomic E-state index is 0.137. The highest BCUT2D eigenvalue weighted by Crippen LogP contribution is 2.38. The Morgan fingerprint density at radius 2 is 1.78 bits per heavy atom. The Kier molecular flexibility index (Phi) is 9.12. The van der Waals surface area contributed by atoms with Gasteiger partial charge in [-0.3, -0.25) is 14.5 Å². The van der Waals surface area contributed by atoms with E-state index in [1.54, 1.807) is 42.5 Å². The first-order valence-electron chi connectivity index (χ1n) is 11.2. The molecular weight excluding hydrogens is 629 g/mol. The maximum atomic E-state index is 12.9. The van der Waals surface area contributed by atoms with E-state index in [-0.39, 0.29) is 29.0 Å². The van der Waals surface area contributed by atoms with Crippen molar-refractivity contribution >= 4 is 69.1 Å². The molecule has 0 unspecified atom stereocenters. The topological polar surface area (TPSA) is 82.1 Å². The molecule has 1 fully saturated rings. The summed E-state index contributed by atoms with van der Waals surface area (Å²) in [6.45, 7) is 2.48. The molecule has 0 aromatic heterocycles. The second-order valence-corrected chi connectivity index (χ2v) is 10.2. The van der Waals surface area contributed by atoms with Crippen molar-refractivity contribution in [3.05, 3.63) is 91.4 Å². The van der Waals surface area contributed by atoms with Gasteiger partial charge in [0, 0.05) is 5.02 Å². The molecule has 7 nitrogen and oxygen atoms in total. The van der Waals surface area contributed by atoms with E-state index in [0.29, 0.717) is 37.8 Å². The average Bonchev–Trinajstić information content (AvgIpc) is 3.14. The molecule has 190 valence electrons. The molecule has 0 saturated carbocycles. The second-order valence-electron chi connectivity index (χ2n) is 7.65. The van der Waals surface area contributed by atoms with Gasteiger partial charge < -0.3 is 14.2 Å². The number of para-hydroxylation sites is 1. The van der Waals surface area contributed by atoms with Crippen molar-refractivity contribution in [3.8, 4) is 17.2 Å². The van der Waals surface area contributed by atoms with Crippen molar-refractivity contribution < 1.29 is 28.6 Å². The molecule has 37 heavy (non-hydrogen) atoms. The van der Waals surface area contributed by atoms with Gasteiger partial charge in [-0.2, -0.15) is 0 Å². The maximum Gasteiger partial charge on any atom is 0.343 e. The maximum absolute atomic E-state index is 12.9. The summed E-state index contributed by atoms with van der Waals surface area (Å²) in [5.41, 5.74) is 0.974. The quantitative estimate of drug-likeness (QED) is 0.111. The number of hydrogen-bond acceptors (Lipinski definition) is 7. The largest absolute Gasteiger partial charge is 0.492 e. The second kappa shape index (κ2) is 12.5. The van der Waals surface area contributed by atoms with Crippen LogP contribution in [0.4, 0.5) is 4.79 Å². The summed E-state index contributed by atoms with van der Waals surface area (Å²) in [5.74, 6) is 0.337. The fraction of sp³-hybridized carbons (Fsp3) is 0.148. The Bertz CT molecular complexity index is 1350. The third-order valence-electron chi connectivity index (χ3n) is 5.10. The smallest absolute Gasteiger partial charge is 0.343 e. The van der Waals surface area contributed by atoms with Crippen LogP contribution in [-0.4, -0.2) is 41.8 Å². The molecule has 0 N–H and O–H groups in total. The van der Waals surface area contributed by atoms with Crippen LogP contribution in [0.25, 0.3) is 6.08 Å². The number of carbonyl (C=O) groups is 3. The summed E-state index contributed by atoms with van der Waals surface area (Å²) in [5, 5.41) is 0.153. The lowest BCUT2D eigenvalue weighted by Gasteiger charge is -2.14. The Labute approximate surface area is 236 Å². The highest BCUT2D eigenvalue weighted by Gasteiger charge is 2.35.